The Bertz CT molecular complexity index is 876. The van der Waals surface area contributed by atoms with Gasteiger partial charge < -0.3 is 10.2 Å². The number of benzene rings is 2. The third-order valence-corrected chi connectivity index (χ3v) is 6.47. The first-order valence-corrected chi connectivity index (χ1v) is 10.9. The highest BCUT2D eigenvalue weighted by Crippen LogP contribution is 2.33. The fourth-order valence-electron chi connectivity index (χ4n) is 4.96. The van der Waals surface area contributed by atoms with E-state index >= 15 is 0 Å². The van der Waals surface area contributed by atoms with Crippen molar-refractivity contribution in [2.45, 2.75) is 51.5 Å². The number of piperidine rings is 2. The van der Waals surface area contributed by atoms with Gasteiger partial charge in [0.15, 0.2) is 5.78 Å². The van der Waals surface area contributed by atoms with Gasteiger partial charge in [-0.3, -0.25) is 9.59 Å². The van der Waals surface area contributed by atoms with Gasteiger partial charge in [0, 0.05) is 29.3 Å². The molecule has 1 N–H and O–H groups in total. The molecule has 2 aromatic rings. The number of ketones is 1. The Morgan fingerprint density at radius 3 is 2.55 bits per heavy atom. The molecule has 4 heteroatoms. The highest BCUT2D eigenvalue weighted by Gasteiger charge is 2.34. The summed E-state index contributed by atoms with van der Waals surface area (Å²) in [6, 6.07) is 15.4. The number of fused-ring (bicyclic) bond motifs is 1. The van der Waals surface area contributed by atoms with Crippen molar-refractivity contribution in [1.82, 2.24) is 4.90 Å². The van der Waals surface area contributed by atoms with E-state index in [1.54, 1.807) is 6.07 Å². The Labute approximate surface area is 173 Å². The summed E-state index contributed by atoms with van der Waals surface area (Å²) in [5.74, 6) is 0.558. The topological polar surface area (TPSA) is 49.4 Å². The third kappa shape index (κ3) is 4.59. The zero-order valence-electron chi connectivity index (χ0n) is 17.2. The van der Waals surface area contributed by atoms with E-state index in [4.69, 9.17) is 0 Å². The molecule has 0 bridgehead atoms. The molecule has 0 unspecified atom stereocenters. The highest BCUT2D eigenvalue weighted by atomic mass is 16.1. The van der Waals surface area contributed by atoms with E-state index in [1.165, 1.54) is 38.8 Å². The Morgan fingerprint density at radius 1 is 0.966 bits per heavy atom. The molecular weight excluding hydrogens is 360 g/mol. The molecule has 0 saturated carbocycles. The molecule has 29 heavy (non-hydrogen) atoms. The van der Waals surface area contributed by atoms with Crippen LogP contribution in [0.25, 0.3) is 0 Å². The van der Waals surface area contributed by atoms with Gasteiger partial charge in [-0.2, -0.15) is 0 Å². The minimum Gasteiger partial charge on any atom is -0.326 e. The summed E-state index contributed by atoms with van der Waals surface area (Å²) in [7, 11) is 0. The van der Waals surface area contributed by atoms with E-state index in [1.807, 2.05) is 49.4 Å². The summed E-state index contributed by atoms with van der Waals surface area (Å²) in [5.41, 5.74) is 3.05. The normalized spacial score (nSPS) is 22.0. The number of amides is 1. The quantitative estimate of drug-likeness (QED) is 0.745. The average molecular weight is 391 g/mol. The first-order valence-electron chi connectivity index (χ1n) is 10.9. The first-order chi connectivity index (χ1) is 14.1. The summed E-state index contributed by atoms with van der Waals surface area (Å²) >= 11 is 0. The number of nitrogens with zero attached hydrogens (tertiary/aromatic N) is 1. The Morgan fingerprint density at radius 2 is 1.76 bits per heavy atom. The lowest BCUT2D eigenvalue weighted by atomic mass is 9.81. The van der Waals surface area contributed by atoms with E-state index in [9.17, 15) is 9.59 Å². The van der Waals surface area contributed by atoms with Crippen molar-refractivity contribution in [3.63, 3.8) is 0 Å². The number of anilines is 1. The molecule has 4 rings (SSSR count). The maximum absolute atomic E-state index is 12.8. The second kappa shape index (κ2) is 8.91. The van der Waals surface area contributed by atoms with E-state index in [2.05, 4.69) is 10.2 Å². The summed E-state index contributed by atoms with van der Waals surface area (Å²) in [6.45, 7) is 4.33. The van der Waals surface area contributed by atoms with Crippen LogP contribution in [0, 0.1) is 12.8 Å². The molecule has 0 radical (unpaired) electrons. The molecule has 2 saturated heterocycles. The van der Waals surface area contributed by atoms with Crippen molar-refractivity contribution in [2.24, 2.45) is 5.92 Å². The number of rotatable bonds is 5. The lowest BCUT2D eigenvalue weighted by Crippen LogP contribution is -2.48. The predicted octanol–water partition coefficient (Wildman–Crippen LogP) is 4.82. The number of aryl methyl sites for hydroxylation is 1. The predicted molar refractivity (Wildman–Crippen MR) is 116 cm³/mol. The Balaban J connectivity index is 1.40. The van der Waals surface area contributed by atoms with Gasteiger partial charge in [0.2, 0.25) is 5.91 Å². The van der Waals surface area contributed by atoms with E-state index in [0.29, 0.717) is 29.5 Å². The lowest BCUT2D eigenvalue weighted by molar-refractivity contribution is -0.118. The van der Waals surface area contributed by atoms with Crippen LogP contribution >= 0.6 is 0 Å². The van der Waals surface area contributed by atoms with Crippen LogP contribution in [-0.4, -0.2) is 35.7 Å². The molecule has 1 amide bonds. The van der Waals surface area contributed by atoms with Crippen LogP contribution in [-0.2, 0) is 4.79 Å². The van der Waals surface area contributed by atoms with Gasteiger partial charge in [0.05, 0.1) is 0 Å². The Kier molecular flexibility index (Phi) is 6.10. The number of carbonyl (C=O) groups is 2. The molecule has 2 aromatic carbocycles. The molecule has 152 valence electrons. The number of hydrogen-bond donors (Lipinski definition) is 1. The van der Waals surface area contributed by atoms with Crippen LogP contribution in [0.4, 0.5) is 5.69 Å². The average Bonchev–Trinajstić information content (AvgIpc) is 2.75. The van der Waals surface area contributed by atoms with Gasteiger partial charge in [-0.25, -0.2) is 0 Å². The fourth-order valence-corrected chi connectivity index (χ4v) is 4.96. The van der Waals surface area contributed by atoms with Crippen LogP contribution in [0.5, 0.6) is 0 Å². The first kappa shape index (κ1) is 19.8. The van der Waals surface area contributed by atoms with Gasteiger partial charge in [-0.1, -0.05) is 36.8 Å². The van der Waals surface area contributed by atoms with Gasteiger partial charge in [-0.05, 0) is 75.4 Å². The van der Waals surface area contributed by atoms with Gasteiger partial charge in [-0.15, -0.1) is 0 Å². The minimum absolute atomic E-state index is 0.00571. The van der Waals surface area contributed by atoms with Gasteiger partial charge in [0.1, 0.15) is 0 Å². The van der Waals surface area contributed by atoms with E-state index in [-0.39, 0.29) is 11.7 Å². The molecule has 0 spiro atoms. The molecule has 2 heterocycles. The van der Waals surface area contributed by atoms with Crippen molar-refractivity contribution in [3.05, 3.63) is 65.2 Å². The van der Waals surface area contributed by atoms with Gasteiger partial charge in [0.25, 0.3) is 0 Å². The molecule has 2 atom stereocenters. The molecule has 4 nitrogen and oxygen atoms in total. The molecule has 0 aromatic heterocycles. The molecule has 2 aliphatic heterocycles. The van der Waals surface area contributed by atoms with E-state index < -0.39 is 0 Å². The zero-order valence-corrected chi connectivity index (χ0v) is 17.2. The summed E-state index contributed by atoms with van der Waals surface area (Å²) < 4.78 is 0. The summed E-state index contributed by atoms with van der Waals surface area (Å²) in [6.07, 6.45) is 6.75. The van der Waals surface area contributed by atoms with Crippen molar-refractivity contribution in [1.29, 1.82) is 0 Å². The summed E-state index contributed by atoms with van der Waals surface area (Å²) in [4.78, 5) is 28.0. The standard InChI is InChI=1S/C25H30N2O2/c1-18-16-21(25(29)19-8-3-2-4-9-19)12-13-22(18)26-24(28)17-20-10-7-15-27-14-6-5-11-23(20)27/h2-4,8-9,12-13,16,20,23H,5-7,10-11,14-15,17H2,1H3,(H,26,28)/t20-,23+/m0/s1. The number of hydrogen-bond acceptors (Lipinski definition) is 3. The molecule has 2 aliphatic rings. The van der Waals surface area contributed by atoms with Crippen LogP contribution in [0.2, 0.25) is 0 Å². The maximum atomic E-state index is 12.8. The summed E-state index contributed by atoms with van der Waals surface area (Å²) in [5, 5.41) is 3.09. The number of carbonyl (C=O) groups excluding carboxylic acids is 2. The molecule has 0 aliphatic carbocycles. The second-order valence-corrected chi connectivity index (χ2v) is 8.48. The maximum Gasteiger partial charge on any atom is 0.224 e. The van der Waals surface area contributed by atoms with Crippen molar-refractivity contribution in [3.8, 4) is 0 Å². The molecule has 2 fully saturated rings. The largest absolute Gasteiger partial charge is 0.326 e. The zero-order chi connectivity index (χ0) is 20.2. The van der Waals surface area contributed by atoms with Crippen LogP contribution in [0.15, 0.2) is 48.5 Å². The van der Waals surface area contributed by atoms with Crippen LogP contribution < -0.4 is 5.32 Å². The van der Waals surface area contributed by atoms with E-state index in [0.717, 1.165) is 17.7 Å². The number of nitrogens with one attached hydrogen (secondary N) is 1. The highest BCUT2D eigenvalue weighted by molar-refractivity contribution is 6.09. The van der Waals surface area contributed by atoms with Crippen LogP contribution in [0.3, 0.4) is 0 Å². The minimum atomic E-state index is 0.00571. The third-order valence-electron chi connectivity index (χ3n) is 6.47. The second-order valence-electron chi connectivity index (χ2n) is 8.48. The van der Waals surface area contributed by atoms with Crippen LogP contribution in [0.1, 0.15) is 60.0 Å². The Hall–Kier alpha value is -2.46. The smallest absolute Gasteiger partial charge is 0.224 e. The monoisotopic (exact) mass is 390 g/mol. The SMILES string of the molecule is Cc1cc(C(=O)c2ccccc2)ccc1NC(=O)C[C@@H]1CCCN2CCCC[C@H]12. The fraction of sp³-hybridized carbons (Fsp3) is 0.440. The van der Waals surface area contributed by atoms with Gasteiger partial charge >= 0.3 is 0 Å². The van der Waals surface area contributed by atoms with Crippen molar-refractivity contribution >= 4 is 17.4 Å². The van der Waals surface area contributed by atoms with Crippen molar-refractivity contribution in [2.75, 3.05) is 18.4 Å². The molecular formula is C25H30N2O2. The van der Waals surface area contributed by atoms with Crippen molar-refractivity contribution < 1.29 is 9.59 Å². The lowest BCUT2D eigenvalue weighted by Gasteiger charge is -2.44.